The quantitative estimate of drug-likeness (QED) is 0.834. The molecule has 1 saturated carbocycles. The molecule has 1 aromatic heterocycles. The number of amides is 3. The van der Waals surface area contributed by atoms with Crippen molar-refractivity contribution in [2.75, 3.05) is 0 Å². The van der Waals surface area contributed by atoms with Crippen molar-refractivity contribution >= 4 is 23.3 Å². The SMILES string of the molecule is O=C1NC(=O)C2(CCCCC2)N1Cc1ccsc1. The van der Waals surface area contributed by atoms with Gasteiger partial charge in [-0.05, 0) is 35.2 Å². The Morgan fingerprint density at radius 2 is 2.06 bits per heavy atom. The smallest absolute Gasteiger partial charge is 0.305 e. The molecular weight excluding hydrogens is 248 g/mol. The Morgan fingerprint density at radius 3 is 2.72 bits per heavy atom. The summed E-state index contributed by atoms with van der Waals surface area (Å²) >= 11 is 1.62. The Labute approximate surface area is 110 Å². The van der Waals surface area contributed by atoms with E-state index in [0.717, 1.165) is 37.7 Å². The van der Waals surface area contributed by atoms with Gasteiger partial charge in [-0.15, -0.1) is 0 Å². The summed E-state index contributed by atoms with van der Waals surface area (Å²) in [5.41, 5.74) is 0.534. The van der Waals surface area contributed by atoms with Crippen molar-refractivity contribution in [1.82, 2.24) is 10.2 Å². The molecule has 18 heavy (non-hydrogen) atoms. The Hall–Kier alpha value is -1.36. The molecule has 0 aromatic carbocycles. The minimum atomic E-state index is -0.572. The Kier molecular flexibility index (Phi) is 2.86. The summed E-state index contributed by atoms with van der Waals surface area (Å²) in [6.07, 6.45) is 4.82. The molecular formula is C13H16N2O2S. The molecule has 1 aromatic rings. The standard InChI is InChI=1S/C13H16N2O2S/c16-11-13(5-2-1-3-6-13)15(12(17)14-11)8-10-4-7-18-9-10/h4,7,9H,1-3,5-6,8H2,(H,14,16,17). The first-order valence-corrected chi connectivity index (χ1v) is 7.31. The van der Waals surface area contributed by atoms with Crippen molar-refractivity contribution < 1.29 is 9.59 Å². The highest BCUT2D eigenvalue weighted by Crippen LogP contribution is 2.38. The molecule has 0 bridgehead atoms. The van der Waals surface area contributed by atoms with Crippen molar-refractivity contribution in [3.05, 3.63) is 22.4 Å². The van der Waals surface area contributed by atoms with Crippen LogP contribution in [0.4, 0.5) is 4.79 Å². The van der Waals surface area contributed by atoms with Gasteiger partial charge in [0.2, 0.25) is 0 Å². The monoisotopic (exact) mass is 264 g/mol. The summed E-state index contributed by atoms with van der Waals surface area (Å²) in [5, 5.41) is 6.52. The lowest BCUT2D eigenvalue weighted by Crippen LogP contribution is -2.50. The summed E-state index contributed by atoms with van der Waals surface area (Å²) in [6.45, 7) is 0.543. The highest BCUT2D eigenvalue weighted by Gasteiger charge is 2.52. The number of thiophene rings is 1. The minimum Gasteiger partial charge on any atom is -0.305 e. The van der Waals surface area contributed by atoms with Gasteiger partial charge in [-0.2, -0.15) is 11.3 Å². The van der Waals surface area contributed by atoms with Crippen molar-refractivity contribution in [1.29, 1.82) is 0 Å². The van der Waals surface area contributed by atoms with Crippen molar-refractivity contribution in [3.63, 3.8) is 0 Å². The second-order valence-electron chi connectivity index (χ2n) is 5.07. The third-order valence-electron chi connectivity index (χ3n) is 4.01. The Balaban J connectivity index is 1.89. The number of rotatable bonds is 2. The van der Waals surface area contributed by atoms with Gasteiger partial charge in [0.05, 0.1) is 0 Å². The van der Waals surface area contributed by atoms with Crippen LogP contribution >= 0.6 is 11.3 Å². The Bertz CT molecular complexity index is 463. The van der Waals surface area contributed by atoms with E-state index < -0.39 is 5.54 Å². The number of nitrogens with one attached hydrogen (secondary N) is 1. The van der Waals surface area contributed by atoms with Crippen LogP contribution in [-0.2, 0) is 11.3 Å². The van der Waals surface area contributed by atoms with Crippen molar-refractivity contribution in [3.8, 4) is 0 Å². The van der Waals surface area contributed by atoms with Crippen molar-refractivity contribution in [2.45, 2.75) is 44.2 Å². The van der Waals surface area contributed by atoms with Crippen LogP contribution < -0.4 is 5.32 Å². The van der Waals surface area contributed by atoms with Crippen LogP contribution in [0, 0.1) is 0 Å². The van der Waals surface area contributed by atoms with E-state index in [4.69, 9.17) is 0 Å². The van der Waals surface area contributed by atoms with Gasteiger partial charge < -0.3 is 4.90 Å². The van der Waals surface area contributed by atoms with Crippen LogP contribution in [0.1, 0.15) is 37.7 Å². The lowest BCUT2D eigenvalue weighted by Gasteiger charge is -2.38. The van der Waals surface area contributed by atoms with Gasteiger partial charge in [-0.1, -0.05) is 19.3 Å². The number of carbonyl (C=O) groups excluding carboxylic acids is 2. The van der Waals surface area contributed by atoms with Gasteiger partial charge in [0.25, 0.3) is 5.91 Å². The molecule has 4 nitrogen and oxygen atoms in total. The number of hydrogen-bond donors (Lipinski definition) is 1. The van der Waals surface area contributed by atoms with Gasteiger partial charge in [0.1, 0.15) is 5.54 Å². The molecule has 1 spiro atoms. The predicted octanol–water partition coefficient (Wildman–Crippen LogP) is 2.50. The first kappa shape index (κ1) is 11.7. The average Bonchev–Trinajstić information content (AvgIpc) is 2.95. The number of hydrogen-bond acceptors (Lipinski definition) is 3. The number of imide groups is 1. The molecule has 2 heterocycles. The second kappa shape index (κ2) is 4.39. The molecule has 1 aliphatic carbocycles. The molecule has 2 fully saturated rings. The summed E-state index contributed by atoms with van der Waals surface area (Å²) in [5.74, 6) is -0.0950. The molecule has 96 valence electrons. The molecule has 3 amide bonds. The van der Waals surface area contributed by atoms with E-state index in [0.29, 0.717) is 6.54 Å². The van der Waals surface area contributed by atoms with E-state index in [9.17, 15) is 9.59 Å². The molecule has 5 heteroatoms. The number of nitrogens with zero attached hydrogens (tertiary/aromatic N) is 1. The van der Waals surface area contributed by atoms with Gasteiger partial charge in [0, 0.05) is 6.54 Å². The summed E-state index contributed by atoms with van der Waals surface area (Å²) < 4.78 is 0. The maximum absolute atomic E-state index is 12.1. The van der Waals surface area contributed by atoms with Crippen LogP contribution in [0.3, 0.4) is 0 Å². The van der Waals surface area contributed by atoms with E-state index in [1.807, 2.05) is 16.8 Å². The van der Waals surface area contributed by atoms with Crippen LogP contribution in [0.15, 0.2) is 16.8 Å². The zero-order valence-electron chi connectivity index (χ0n) is 10.1. The fourth-order valence-electron chi connectivity index (χ4n) is 3.02. The van der Waals surface area contributed by atoms with Gasteiger partial charge in [-0.25, -0.2) is 4.79 Å². The fraction of sp³-hybridized carbons (Fsp3) is 0.538. The molecule has 3 rings (SSSR count). The average molecular weight is 264 g/mol. The lowest BCUT2D eigenvalue weighted by atomic mass is 9.80. The largest absolute Gasteiger partial charge is 0.325 e. The lowest BCUT2D eigenvalue weighted by molar-refractivity contribution is -0.128. The minimum absolute atomic E-state index is 0.0950. The van der Waals surface area contributed by atoms with E-state index in [-0.39, 0.29) is 11.9 Å². The topological polar surface area (TPSA) is 49.4 Å². The number of carbonyl (C=O) groups is 2. The second-order valence-corrected chi connectivity index (χ2v) is 5.85. The van der Waals surface area contributed by atoms with Gasteiger partial charge in [0.15, 0.2) is 0 Å². The molecule has 2 aliphatic rings. The van der Waals surface area contributed by atoms with Gasteiger partial charge >= 0.3 is 6.03 Å². The molecule has 1 aliphatic heterocycles. The van der Waals surface area contributed by atoms with Crippen LogP contribution in [-0.4, -0.2) is 22.4 Å². The first-order chi connectivity index (χ1) is 8.72. The fourth-order valence-corrected chi connectivity index (χ4v) is 3.68. The maximum atomic E-state index is 12.1. The number of urea groups is 1. The summed E-state index contributed by atoms with van der Waals surface area (Å²) in [4.78, 5) is 25.9. The van der Waals surface area contributed by atoms with Crippen LogP contribution in [0.2, 0.25) is 0 Å². The third-order valence-corrected chi connectivity index (χ3v) is 4.74. The highest BCUT2D eigenvalue weighted by molar-refractivity contribution is 7.07. The van der Waals surface area contributed by atoms with E-state index in [1.54, 1.807) is 16.2 Å². The van der Waals surface area contributed by atoms with Crippen LogP contribution in [0.5, 0.6) is 0 Å². The van der Waals surface area contributed by atoms with E-state index >= 15 is 0 Å². The zero-order chi connectivity index (χ0) is 12.6. The zero-order valence-corrected chi connectivity index (χ0v) is 11.0. The summed E-state index contributed by atoms with van der Waals surface area (Å²) in [6, 6.07) is 1.78. The highest BCUT2D eigenvalue weighted by atomic mass is 32.1. The maximum Gasteiger partial charge on any atom is 0.325 e. The predicted molar refractivity (Wildman–Crippen MR) is 69.2 cm³/mol. The normalized spacial score (nSPS) is 22.6. The molecule has 0 atom stereocenters. The van der Waals surface area contributed by atoms with Crippen LogP contribution in [0.25, 0.3) is 0 Å². The van der Waals surface area contributed by atoms with E-state index in [2.05, 4.69) is 5.32 Å². The Morgan fingerprint density at radius 1 is 1.28 bits per heavy atom. The summed E-state index contributed by atoms with van der Waals surface area (Å²) in [7, 11) is 0. The molecule has 0 radical (unpaired) electrons. The molecule has 0 unspecified atom stereocenters. The molecule has 1 N–H and O–H groups in total. The van der Waals surface area contributed by atoms with E-state index in [1.165, 1.54) is 0 Å². The van der Waals surface area contributed by atoms with Gasteiger partial charge in [-0.3, -0.25) is 10.1 Å². The molecule has 1 saturated heterocycles. The van der Waals surface area contributed by atoms with Crippen molar-refractivity contribution in [2.24, 2.45) is 0 Å². The third kappa shape index (κ3) is 1.73. The first-order valence-electron chi connectivity index (χ1n) is 6.36.